The average molecular weight is 408 g/mol. The molecule has 0 heterocycles. The summed E-state index contributed by atoms with van der Waals surface area (Å²) in [5.41, 5.74) is 4.65. The van der Waals surface area contributed by atoms with Crippen molar-refractivity contribution in [2.75, 3.05) is 13.2 Å². The molecule has 3 rings (SSSR count). The standard InChI is InChI=1S/C23H24N2O5/c1-3-28-19-10-12-20(13-11-19)30-16(2)23(27)25-24-22(26)15-29-21-9-8-17-6-4-5-7-18(17)14-21/h4-14,16H,3,15H2,1-2H3,(H,24,26)(H,25,27)/t16-/m0/s1. The predicted octanol–water partition coefficient (Wildman–Crippen LogP) is 3.23. The fourth-order valence-electron chi connectivity index (χ4n) is 2.71. The largest absolute Gasteiger partial charge is 0.494 e. The Bertz CT molecular complexity index is 1000. The van der Waals surface area contributed by atoms with Crippen molar-refractivity contribution in [1.82, 2.24) is 10.9 Å². The lowest BCUT2D eigenvalue weighted by molar-refractivity contribution is -0.133. The number of hydrogen-bond acceptors (Lipinski definition) is 5. The number of hydrazine groups is 1. The molecule has 0 fully saturated rings. The van der Waals surface area contributed by atoms with Crippen molar-refractivity contribution >= 4 is 22.6 Å². The number of hydrogen-bond donors (Lipinski definition) is 2. The highest BCUT2D eigenvalue weighted by Gasteiger charge is 2.15. The minimum Gasteiger partial charge on any atom is -0.494 e. The Morgan fingerprint density at radius 3 is 2.23 bits per heavy atom. The summed E-state index contributed by atoms with van der Waals surface area (Å²) in [6.07, 6.45) is -0.801. The number of carbonyl (C=O) groups excluding carboxylic acids is 2. The van der Waals surface area contributed by atoms with E-state index in [4.69, 9.17) is 14.2 Å². The molecule has 30 heavy (non-hydrogen) atoms. The van der Waals surface area contributed by atoms with Crippen LogP contribution >= 0.6 is 0 Å². The molecule has 0 spiro atoms. The Labute approximate surface area is 174 Å². The number of rotatable bonds is 8. The highest BCUT2D eigenvalue weighted by Crippen LogP contribution is 2.20. The molecule has 3 aromatic rings. The van der Waals surface area contributed by atoms with E-state index in [1.807, 2.05) is 43.3 Å². The maximum atomic E-state index is 12.1. The molecule has 156 valence electrons. The summed E-state index contributed by atoms with van der Waals surface area (Å²) >= 11 is 0. The van der Waals surface area contributed by atoms with Crippen LogP contribution in [-0.2, 0) is 9.59 Å². The SMILES string of the molecule is CCOc1ccc(O[C@@H](C)C(=O)NNC(=O)COc2ccc3ccccc3c2)cc1. The maximum Gasteiger partial charge on any atom is 0.279 e. The van der Waals surface area contributed by atoms with E-state index in [1.54, 1.807) is 37.3 Å². The fraction of sp³-hybridized carbons (Fsp3) is 0.217. The van der Waals surface area contributed by atoms with Gasteiger partial charge in [0.25, 0.3) is 11.8 Å². The van der Waals surface area contributed by atoms with Crippen molar-refractivity contribution in [3.63, 3.8) is 0 Å². The van der Waals surface area contributed by atoms with Gasteiger partial charge in [-0.3, -0.25) is 20.4 Å². The van der Waals surface area contributed by atoms with E-state index >= 15 is 0 Å². The first-order valence-electron chi connectivity index (χ1n) is 9.65. The molecule has 0 aliphatic heterocycles. The summed E-state index contributed by atoms with van der Waals surface area (Å²) in [5, 5.41) is 2.10. The number of nitrogens with one attached hydrogen (secondary N) is 2. The van der Waals surface area contributed by atoms with Crippen LogP contribution in [0.1, 0.15) is 13.8 Å². The van der Waals surface area contributed by atoms with Gasteiger partial charge in [-0.1, -0.05) is 30.3 Å². The van der Waals surface area contributed by atoms with Gasteiger partial charge in [0.2, 0.25) is 0 Å². The monoisotopic (exact) mass is 408 g/mol. The van der Waals surface area contributed by atoms with Crippen LogP contribution in [0.25, 0.3) is 10.8 Å². The highest BCUT2D eigenvalue weighted by molar-refractivity contribution is 5.86. The third-order valence-electron chi connectivity index (χ3n) is 4.23. The molecule has 7 heteroatoms. The number of fused-ring (bicyclic) bond motifs is 1. The van der Waals surface area contributed by atoms with E-state index in [0.29, 0.717) is 18.1 Å². The Kier molecular flexibility index (Phi) is 7.10. The fourth-order valence-corrected chi connectivity index (χ4v) is 2.71. The molecule has 2 N–H and O–H groups in total. The van der Waals surface area contributed by atoms with E-state index in [2.05, 4.69) is 10.9 Å². The quantitative estimate of drug-likeness (QED) is 0.559. The Hall–Kier alpha value is -3.74. The molecule has 0 unspecified atom stereocenters. The van der Waals surface area contributed by atoms with Crippen LogP contribution < -0.4 is 25.1 Å². The number of carbonyl (C=O) groups is 2. The molecule has 0 aromatic heterocycles. The predicted molar refractivity (Wildman–Crippen MR) is 113 cm³/mol. The first-order chi connectivity index (χ1) is 14.5. The summed E-state index contributed by atoms with van der Waals surface area (Å²) in [4.78, 5) is 24.1. The molecule has 0 saturated carbocycles. The molecule has 0 aliphatic carbocycles. The van der Waals surface area contributed by atoms with E-state index < -0.39 is 17.9 Å². The van der Waals surface area contributed by atoms with Crippen LogP contribution in [0, 0.1) is 0 Å². The van der Waals surface area contributed by atoms with Gasteiger partial charge in [-0.25, -0.2) is 0 Å². The summed E-state index contributed by atoms with van der Waals surface area (Å²) in [6.45, 7) is 3.83. The zero-order chi connectivity index (χ0) is 21.3. The van der Waals surface area contributed by atoms with Crippen molar-refractivity contribution in [1.29, 1.82) is 0 Å². The number of amides is 2. The summed E-state index contributed by atoms with van der Waals surface area (Å²) in [7, 11) is 0. The minimum atomic E-state index is -0.801. The van der Waals surface area contributed by atoms with Gasteiger partial charge < -0.3 is 14.2 Å². The van der Waals surface area contributed by atoms with Crippen molar-refractivity contribution in [2.45, 2.75) is 20.0 Å². The van der Waals surface area contributed by atoms with Crippen molar-refractivity contribution in [3.05, 3.63) is 66.7 Å². The molecular weight excluding hydrogens is 384 g/mol. The first-order valence-corrected chi connectivity index (χ1v) is 9.65. The van der Waals surface area contributed by atoms with Crippen LogP contribution in [0.4, 0.5) is 0 Å². The highest BCUT2D eigenvalue weighted by atomic mass is 16.5. The lowest BCUT2D eigenvalue weighted by Crippen LogP contribution is -2.48. The molecule has 7 nitrogen and oxygen atoms in total. The summed E-state index contributed by atoms with van der Waals surface area (Å²) < 4.78 is 16.4. The zero-order valence-corrected chi connectivity index (χ0v) is 16.9. The summed E-state index contributed by atoms with van der Waals surface area (Å²) in [6, 6.07) is 20.4. The van der Waals surface area contributed by atoms with Gasteiger partial charge in [-0.15, -0.1) is 0 Å². The van der Waals surface area contributed by atoms with E-state index in [0.717, 1.165) is 16.5 Å². The van der Waals surface area contributed by atoms with Crippen molar-refractivity contribution < 1.29 is 23.8 Å². The van der Waals surface area contributed by atoms with E-state index in [1.165, 1.54) is 0 Å². The topological polar surface area (TPSA) is 85.9 Å². The second-order valence-corrected chi connectivity index (χ2v) is 6.50. The van der Waals surface area contributed by atoms with E-state index in [9.17, 15) is 9.59 Å². The van der Waals surface area contributed by atoms with Gasteiger partial charge in [0, 0.05) is 0 Å². The summed E-state index contributed by atoms with van der Waals surface area (Å²) in [5.74, 6) is 0.850. The van der Waals surface area contributed by atoms with Gasteiger partial charge in [0.1, 0.15) is 17.2 Å². The van der Waals surface area contributed by atoms with Crippen LogP contribution in [0.3, 0.4) is 0 Å². The third-order valence-corrected chi connectivity index (χ3v) is 4.23. The molecule has 2 amide bonds. The lowest BCUT2D eigenvalue weighted by Gasteiger charge is -2.15. The Balaban J connectivity index is 1.42. The Morgan fingerprint density at radius 2 is 1.50 bits per heavy atom. The van der Waals surface area contributed by atoms with Gasteiger partial charge in [-0.2, -0.15) is 0 Å². The van der Waals surface area contributed by atoms with Gasteiger partial charge >= 0.3 is 0 Å². The van der Waals surface area contributed by atoms with Crippen LogP contribution in [0.5, 0.6) is 17.2 Å². The average Bonchev–Trinajstić information content (AvgIpc) is 2.77. The van der Waals surface area contributed by atoms with Crippen LogP contribution in [0.15, 0.2) is 66.7 Å². The van der Waals surface area contributed by atoms with Crippen molar-refractivity contribution in [3.8, 4) is 17.2 Å². The lowest BCUT2D eigenvalue weighted by atomic mass is 10.1. The molecule has 0 saturated heterocycles. The smallest absolute Gasteiger partial charge is 0.279 e. The molecular formula is C23H24N2O5. The second-order valence-electron chi connectivity index (χ2n) is 6.50. The van der Waals surface area contributed by atoms with Gasteiger partial charge in [-0.05, 0) is 61.0 Å². The van der Waals surface area contributed by atoms with Crippen LogP contribution in [0.2, 0.25) is 0 Å². The third kappa shape index (κ3) is 5.88. The van der Waals surface area contributed by atoms with E-state index in [-0.39, 0.29) is 6.61 Å². The maximum absolute atomic E-state index is 12.1. The second kappa shape index (κ2) is 10.2. The normalized spacial score (nSPS) is 11.4. The molecule has 1 atom stereocenters. The number of benzene rings is 3. The molecule has 3 aromatic carbocycles. The van der Waals surface area contributed by atoms with Crippen LogP contribution in [-0.4, -0.2) is 31.1 Å². The number of ether oxygens (including phenoxy) is 3. The Morgan fingerprint density at radius 1 is 0.833 bits per heavy atom. The van der Waals surface area contributed by atoms with Gasteiger partial charge in [0.05, 0.1) is 6.61 Å². The van der Waals surface area contributed by atoms with Gasteiger partial charge in [0.15, 0.2) is 12.7 Å². The molecule has 0 bridgehead atoms. The van der Waals surface area contributed by atoms with Crippen molar-refractivity contribution in [2.24, 2.45) is 0 Å². The first kappa shape index (κ1) is 21.0. The molecule has 0 aliphatic rings. The zero-order valence-electron chi connectivity index (χ0n) is 16.9. The minimum absolute atomic E-state index is 0.229. The molecule has 0 radical (unpaired) electrons.